The van der Waals surface area contributed by atoms with Crippen molar-refractivity contribution in [1.29, 1.82) is 0 Å². The standard InChI is InChI=1S/C12H14INO5S/c1-20(18,19)7-6-10(12(16)17)14-11(15)8-2-4-9(13)5-3-8/h2-5,10H,6-7H2,1H3,(H,14,15)(H,16,17). The highest BCUT2D eigenvalue weighted by atomic mass is 127. The third kappa shape index (κ3) is 5.87. The maximum Gasteiger partial charge on any atom is 0.326 e. The Morgan fingerprint density at radius 3 is 2.30 bits per heavy atom. The lowest BCUT2D eigenvalue weighted by atomic mass is 10.1. The maximum absolute atomic E-state index is 11.9. The van der Waals surface area contributed by atoms with E-state index in [0.29, 0.717) is 5.56 Å². The number of nitrogens with one attached hydrogen (secondary N) is 1. The minimum Gasteiger partial charge on any atom is -0.480 e. The third-order valence-electron chi connectivity index (χ3n) is 2.49. The number of hydrogen-bond acceptors (Lipinski definition) is 4. The van der Waals surface area contributed by atoms with Crippen LogP contribution in [0.1, 0.15) is 16.8 Å². The topological polar surface area (TPSA) is 101 Å². The van der Waals surface area contributed by atoms with Crippen molar-refractivity contribution < 1.29 is 23.1 Å². The second-order valence-electron chi connectivity index (χ2n) is 4.29. The molecule has 0 saturated carbocycles. The summed E-state index contributed by atoms with van der Waals surface area (Å²) >= 11 is 2.09. The van der Waals surface area contributed by atoms with Crippen LogP contribution < -0.4 is 5.32 Å². The molecule has 1 aromatic rings. The Morgan fingerprint density at radius 2 is 1.85 bits per heavy atom. The molecule has 6 nitrogen and oxygen atoms in total. The largest absolute Gasteiger partial charge is 0.480 e. The van der Waals surface area contributed by atoms with E-state index in [1.807, 2.05) is 0 Å². The quantitative estimate of drug-likeness (QED) is 0.678. The van der Waals surface area contributed by atoms with Crippen LogP contribution in [0, 0.1) is 3.57 Å². The van der Waals surface area contributed by atoms with Gasteiger partial charge in [0, 0.05) is 15.4 Å². The number of carboxylic acids is 1. The molecule has 0 spiro atoms. The fourth-order valence-corrected chi connectivity index (χ4v) is 2.46. The van der Waals surface area contributed by atoms with Gasteiger partial charge in [0.05, 0.1) is 5.75 Å². The van der Waals surface area contributed by atoms with Crippen LogP contribution in [0.25, 0.3) is 0 Å². The van der Waals surface area contributed by atoms with Gasteiger partial charge in [-0.1, -0.05) is 0 Å². The first-order valence-electron chi connectivity index (χ1n) is 5.66. The Kier molecular flexibility index (Phi) is 5.93. The number of carbonyl (C=O) groups is 2. The first-order chi connectivity index (χ1) is 9.19. The number of benzene rings is 1. The van der Waals surface area contributed by atoms with Gasteiger partial charge >= 0.3 is 5.97 Å². The van der Waals surface area contributed by atoms with E-state index in [0.717, 1.165) is 9.83 Å². The summed E-state index contributed by atoms with van der Waals surface area (Å²) in [7, 11) is -3.27. The number of hydrogen-bond donors (Lipinski definition) is 2. The molecule has 0 fully saturated rings. The molecule has 0 heterocycles. The molecule has 0 aliphatic carbocycles. The summed E-state index contributed by atoms with van der Waals surface area (Å²) in [5.74, 6) is -2.09. The molecule has 20 heavy (non-hydrogen) atoms. The summed E-state index contributed by atoms with van der Waals surface area (Å²) in [6.07, 6.45) is 0.858. The predicted molar refractivity (Wildman–Crippen MR) is 82.4 cm³/mol. The minimum atomic E-state index is -3.27. The van der Waals surface area contributed by atoms with Crippen LogP contribution >= 0.6 is 22.6 Å². The van der Waals surface area contributed by atoms with Crippen molar-refractivity contribution in [3.63, 3.8) is 0 Å². The molecular weight excluding hydrogens is 397 g/mol. The summed E-state index contributed by atoms with van der Waals surface area (Å²) in [6.45, 7) is 0. The zero-order valence-electron chi connectivity index (χ0n) is 10.7. The van der Waals surface area contributed by atoms with Gasteiger partial charge in [-0.25, -0.2) is 13.2 Å². The molecule has 0 aliphatic heterocycles. The van der Waals surface area contributed by atoms with Crippen LogP contribution in [0.5, 0.6) is 0 Å². The molecule has 1 unspecified atom stereocenters. The number of amides is 1. The fraction of sp³-hybridized carbons (Fsp3) is 0.333. The second-order valence-corrected chi connectivity index (χ2v) is 7.80. The van der Waals surface area contributed by atoms with Crippen LogP contribution in [0.4, 0.5) is 0 Å². The Bertz CT molecular complexity index is 597. The van der Waals surface area contributed by atoms with E-state index in [2.05, 4.69) is 27.9 Å². The molecule has 0 radical (unpaired) electrons. The van der Waals surface area contributed by atoms with Crippen LogP contribution in [0.15, 0.2) is 24.3 Å². The molecule has 0 aliphatic rings. The van der Waals surface area contributed by atoms with Crippen LogP contribution in [-0.4, -0.2) is 43.5 Å². The lowest BCUT2D eigenvalue weighted by molar-refractivity contribution is -0.139. The van der Waals surface area contributed by atoms with Crippen molar-refractivity contribution in [1.82, 2.24) is 5.32 Å². The molecule has 1 amide bonds. The van der Waals surface area contributed by atoms with Crippen molar-refractivity contribution >= 4 is 44.3 Å². The molecule has 0 saturated heterocycles. The number of aliphatic carboxylic acids is 1. The molecular formula is C12H14INO5S. The van der Waals surface area contributed by atoms with Gasteiger partial charge in [-0.05, 0) is 53.3 Å². The van der Waals surface area contributed by atoms with E-state index in [4.69, 9.17) is 5.11 Å². The fourth-order valence-electron chi connectivity index (χ4n) is 1.43. The van der Waals surface area contributed by atoms with Gasteiger partial charge in [0.15, 0.2) is 0 Å². The number of carboxylic acid groups (broad SMARTS) is 1. The number of carbonyl (C=O) groups excluding carboxylic acids is 1. The molecule has 110 valence electrons. The highest BCUT2D eigenvalue weighted by molar-refractivity contribution is 14.1. The third-order valence-corrected chi connectivity index (χ3v) is 4.18. The van der Waals surface area contributed by atoms with Crippen molar-refractivity contribution in [2.45, 2.75) is 12.5 Å². The summed E-state index contributed by atoms with van der Waals surface area (Å²) in [6, 6.07) is 5.37. The zero-order chi connectivity index (χ0) is 15.3. The lowest BCUT2D eigenvalue weighted by Crippen LogP contribution is -2.41. The Labute approximate surface area is 130 Å². The van der Waals surface area contributed by atoms with Crippen molar-refractivity contribution in [3.05, 3.63) is 33.4 Å². The second kappa shape index (κ2) is 7.02. The van der Waals surface area contributed by atoms with E-state index in [-0.39, 0.29) is 12.2 Å². The van der Waals surface area contributed by atoms with Crippen molar-refractivity contribution in [2.24, 2.45) is 0 Å². The predicted octanol–water partition coefficient (Wildman–Crippen LogP) is 0.909. The van der Waals surface area contributed by atoms with Gasteiger partial charge < -0.3 is 10.4 Å². The van der Waals surface area contributed by atoms with Crippen LogP contribution in [-0.2, 0) is 14.6 Å². The summed E-state index contributed by atoms with van der Waals surface area (Å²) in [5.41, 5.74) is 0.330. The molecule has 2 N–H and O–H groups in total. The highest BCUT2D eigenvalue weighted by Crippen LogP contribution is 2.07. The monoisotopic (exact) mass is 411 g/mol. The average Bonchev–Trinajstić information content (AvgIpc) is 2.33. The summed E-state index contributed by atoms with van der Waals surface area (Å²) < 4.78 is 23.0. The van der Waals surface area contributed by atoms with Crippen LogP contribution in [0.2, 0.25) is 0 Å². The lowest BCUT2D eigenvalue weighted by Gasteiger charge is -2.14. The first kappa shape index (κ1) is 16.9. The van der Waals surface area contributed by atoms with Crippen molar-refractivity contribution in [3.8, 4) is 0 Å². The van der Waals surface area contributed by atoms with Gasteiger partial charge in [0.25, 0.3) is 5.91 Å². The molecule has 1 atom stereocenters. The van der Waals surface area contributed by atoms with E-state index in [1.165, 1.54) is 0 Å². The van der Waals surface area contributed by atoms with E-state index >= 15 is 0 Å². The molecule has 1 aromatic carbocycles. The summed E-state index contributed by atoms with van der Waals surface area (Å²) in [4.78, 5) is 22.9. The van der Waals surface area contributed by atoms with Crippen molar-refractivity contribution in [2.75, 3.05) is 12.0 Å². The number of halogens is 1. The SMILES string of the molecule is CS(=O)(=O)CCC(NC(=O)c1ccc(I)cc1)C(=O)O. The van der Waals surface area contributed by atoms with Gasteiger partial charge in [0.1, 0.15) is 15.9 Å². The van der Waals surface area contributed by atoms with Gasteiger partial charge in [-0.3, -0.25) is 4.79 Å². The van der Waals surface area contributed by atoms with E-state index in [1.54, 1.807) is 24.3 Å². The Hall–Kier alpha value is -1.16. The summed E-state index contributed by atoms with van der Waals surface area (Å²) in [5, 5.41) is 11.3. The van der Waals surface area contributed by atoms with E-state index < -0.39 is 27.8 Å². The molecule has 1 rings (SSSR count). The Morgan fingerprint density at radius 1 is 1.30 bits per heavy atom. The maximum atomic E-state index is 11.9. The number of rotatable bonds is 6. The van der Waals surface area contributed by atoms with Crippen LogP contribution in [0.3, 0.4) is 0 Å². The number of sulfone groups is 1. The molecule has 0 bridgehead atoms. The highest BCUT2D eigenvalue weighted by Gasteiger charge is 2.22. The first-order valence-corrected chi connectivity index (χ1v) is 8.80. The minimum absolute atomic E-state index is 0.162. The van der Waals surface area contributed by atoms with Gasteiger partial charge in [-0.15, -0.1) is 0 Å². The van der Waals surface area contributed by atoms with Gasteiger partial charge in [0.2, 0.25) is 0 Å². The smallest absolute Gasteiger partial charge is 0.326 e. The normalized spacial score (nSPS) is 12.7. The average molecular weight is 411 g/mol. The molecule has 8 heteroatoms. The van der Waals surface area contributed by atoms with E-state index in [9.17, 15) is 18.0 Å². The zero-order valence-corrected chi connectivity index (χ0v) is 13.6. The molecule has 0 aromatic heterocycles. The Balaban J connectivity index is 2.73. The van der Waals surface area contributed by atoms with Gasteiger partial charge in [-0.2, -0.15) is 0 Å².